The number of aromatic nitrogens is 2. The number of halogens is 1. The molecule has 4 rings (SSSR count). The minimum Gasteiger partial charge on any atom is -0.497 e. The topological polar surface area (TPSA) is 73.6 Å². The fraction of sp³-hybridized carbons (Fsp3) is 0.448. The van der Waals surface area contributed by atoms with Gasteiger partial charge in [-0.2, -0.15) is 5.10 Å². The Hall–Kier alpha value is -3.19. The third-order valence-electron chi connectivity index (χ3n) is 6.98. The standard InChI is InChI=1S/C29H35FN2O4/c1-3-7-26-28(22-8-5-4-6-9-22)29(24-15-14-23(35-2)16-25(24)30)32(31-26)17-20-10-12-21(13-11-20)18-36-19-27(33)34/h4-6,8-9,14-16,20-21H,3,7,10-13,17-19H2,1-2H3,(H,33,34). The van der Waals surface area contributed by atoms with E-state index >= 15 is 4.39 Å². The maximum atomic E-state index is 15.4. The van der Waals surface area contributed by atoms with Crippen molar-refractivity contribution < 1.29 is 23.8 Å². The summed E-state index contributed by atoms with van der Waals surface area (Å²) in [6.07, 6.45) is 5.76. The Kier molecular flexibility index (Phi) is 8.75. The van der Waals surface area contributed by atoms with Crippen LogP contribution < -0.4 is 4.74 Å². The number of aryl methyl sites for hydroxylation is 1. The molecule has 7 heteroatoms. The number of hydrogen-bond donors (Lipinski definition) is 1. The molecule has 36 heavy (non-hydrogen) atoms. The fourth-order valence-electron chi connectivity index (χ4n) is 5.19. The molecule has 192 valence electrons. The highest BCUT2D eigenvalue weighted by Crippen LogP contribution is 2.39. The molecule has 6 nitrogen and oxygen atoms in total. The van der Waals surface area contributed by atoms with Gasteiger partial charge in [-0.1, -0.05) is 43.7 Å². The highest BCUT2D eigenvalue weighted by Gasteiger charge is 2.27. The largest absolute Gasteiger partial charge is 0.497 e. The summed E-state index contributed by atoms with van der Waals surface area (Å²) in [5.41, 5.74) is 4.37. The summed E-state index contributed by atoms with van der Waals surface area (Å²) in [4.78, 5) is 10.7. The molecule has 1 aliphatic rings. The quantitative estimate of drug-likeness (QED) is 0.342. The maximum Gasteiger partial charge on any atom is 0.329 e. The zero-order valence-corrected chi connectivity index (χ0v) is 21.1. The van der Waals surface area contributed by atoms with Crippen LogP contribution >= 0.6 is 0 Å². The first kappa shape index (κ1) is 25.9. The summed E-state index contributed by atoms with van der Waals surface area (Å²) in [7, 11) is 1.54. The van der Waals surface area contributed by atoms with Gasteiger partial charge in [0.25, 0.3) is 0 Å². The van der Waals surface area contributed by atoms with Crippen molar-refractivity contribution in [2.24, 2.45) is 11.8 Å². The normalized spacial score (nSPS) is 17.8. The van der Waals surface area contributed by atoms with Crippen LogP contribution in [0.1, 0.15) is 44.7 Å². The summed E-state index contributed by atoms with van der Waals surface area (Å²) in [5, 5.41) is 13.8. The van der Waals surface area contributed by atoms with Gasteiger partial charge in [-0.15, -0.1) is 0 Å². The summed E-state index contributed by atoms with van der Waals surface area (Å²) < 4.78 is 28.0. The number of benzene rings is 2. The molecule has 1 aliphatic carbocycles. The lowest BCUT2D eigenvalue weighted by molar-refractivity contribution is -0.142. The Morgan fingerprint density at radius 2 is 1.83 bits per heavy atom. The molecule has 0 saturated heterocycles. The second kappa shape index (κ2) is 12.2. The van der Waals surface area contributed by atoms with Crippen LogP contribution in [0.15, 0.2) is 48.5 Å². The Morgan fingerprint density at radius 1 is 1.11 bits per heavy atom. The first-order valence-corrected chi connectivity index (χ1v) is 12.8. The van der Waals surface area contributed by atoms with Crippen LogP contribution in [0.2, 0.25) is 0 Å². The van der Waals surface area contributed by atoms with Crippen molar-refractivity contribution in [3.63, 3.8) is 0 Å². The molecule has 0 aliphatic heterocycles. The van der Waals surface area contributed by atoms with Crippen LogP contribution in [0.4, 0.5) is 4.39 Å². The average Bonchev–Trinajstić information content (AvgIpc) is 3.22. The first-order valence-electron chi connectivity index (χ1n) is 12.8. The summed E-state index contributed by atoms with van der Waals surface area (Å²) >= 11 is 0. The van der Waals surface area contributed by atoms with Crippen LogP contribution in [0, 0.1) is 17.7 Å². The number of carbonyl (C=O) groups is 1. The molecule has 1 N–H and O–H groups in total. The smallest absolute Gasteiger partial charge is 0.329 e. The van der Waals surface area contributed by atoms with Crippen LogP contribution in [-0.2, 0) is 22.5 Å². The zero-order valence-electron chi connectivity index (χ0n) is 21.1. The van der Waals surface area contributed by atoms with Gasteiger partial charge in [0.2, 0.25) is 0 Å². The van der Waals surface area contributed by atoms with Gasteiger partial charge >= 0.3 is 5.97 Å². The Morgan fingerprint density at radius 3 is 2.47 bits per heavy atom. The van der Waals surface area contributed by atoms with Crippen molar-refractivity contribution in [2.45, 2.75) is 52.0 Å². The fourth-order valence-corrected chi connectivity index (χ4v) is 5.19. The van der Waals surface area contributed by atoms with E-state index in [1.165, 1.54) is 13.2 Å². The molecule has 3 aromatic rings. The molecule has 1 aromatic heterocycles. The third kappa shape index (κ3) is 6.13. The maximum absolute atomic E-state index is 15.4. The summed E-state index contributed by atoms with van der Waals surface area (Å²) in [6.45, 7) is 3.09. The van der Waals surface area contributed by atoms with Crippen LogP contribution in [0.5, 0.6) is 5.75 Å². The van der Waals surface area contributed by atoms with Crippen molar-refractivity contribution in [3.05, 3.63) is 60.0 Å². The number of methoxy groups -OCH3 is 1. The predicted molar refractivity (Wildman–Crippen MR) is 138 cm³/mol. The molecule has 1 saturated carbocycles. The monoisotopic (exact) mass is 494 g/mol. The third-order valence-corrected chi connectivity index (χ3v) is 6.98. The lowest BCUT2D eigenvalue weighted by atomic mass is 9.82. The van der Waals surface area contributed by atoms with E-state index in [9.17, 15) is 4.79 Å². The van der Waals surface area contributed by atoms with Crippen molar-refractivity contribution in [1.29, 1.82) is 0 Å². The highest BCUT2D eigenvalue weighted by atomic mass is 19.1. The van der Waals surface area contributed by atoms with E-state index < -0.39 is 5.97 Å². The number of ether oxygens (including phenoxy) is 2. The Bertz CT molecular complexity index is 1150. The number of rotatable bonds is 11. The SMILES string of the molecule is CCCc1nn(CC2CCC(COCC(=O)O)CC2)c(-c2ccc(OC)cc2F)c1-c1ccccc1. The van der Waals surface area contributed by atoms with E-state index in [2.05, 4.69) is 19.1 Å². The van der Waals surface area contributed by atoms with Gasteiger partial charge in [0.1, 0.15) is 18.2 Å². The van der Waals surface area contributed by atoms with Crippen molar-refractivity contribution in [2.75, 3.05) is 20.3 Å². The molecule has 1 fully saturated rings. The van der Waals surface area contributed by atoms with Crippen LogP contribution in [-0.4, -0.2) is 41.2 Å². The van der Waals surface area contributed by atoms with Gasteiger partial charge in [-0.25, -0.2) is 9.18 Å². The van der Waals surface area contributed by atoms with Crippen molar-refractivity contribution in [1.82, 2.24) is 9.78 Å². The zero-order chi connectivity index (χ0) is 25.5. The van der Waals surface area contributed by atoms with Crippen LogP contribution in [0.3, 0.4) is 0 Å². The lowest BCUT2D eigenvalue weighted by Gasteiger charge is -2.28. The lowest BCUT2D eigenvalue weighted by Crippen LogP contribution is -2.23. The molecule has 0 amide bonds. The first-order chi connectivity index (χ1) is 17.5. The van der Waals surface area contributed by atoms with E-state index in [-0.39, 0.29) is 12.4 Å². The highest BCUT2D eigenvalue weighted by molar-refractivity contribution is 5.83. The summed E-state index contributed by atoms with van der Waals surface area (Å²) in [5.74, 6) is 0.0274. The van der Waals surface area contributed by atoms with Gasteiger partial charge in [0.05, 0.1) is 25.1 Å². The van der Waals surface area contributed by atoms with E-state index in [4.69, 9.17) is 19.7 Å². The number of hydrogen-bond acceptors (Lipinski definition) is 4. The van der Waals surface area contributed by atoms with Crippen LogP contribution in [0.25, 0.3) is 22.4 Å². The summed E-state index contributed by atoms with van der Waals surface area (Å²) in [6, 6.07) is 15.1. The minimum atomic E-state index is -0.933. The molecule has 0 unspecified atom stereocenters. The number of aliphatic carboxylic acids is 1. The van der Waals surface area contributed by atoms with Gasteiger partial charge < -0.3 is 14.6 Å². The van der Waals surface area contributed by atoms with Gasteiger partial charge in [-0.3, -0.25) is 4.68 Å². The molecule has 1 heterocycles. The molecular formula is C29H35FN2O4. The van der Waals surface area contributed by atoms with E-state index in [1.807, 2.05) is 22.9 Å². The van der Waals surface area contributed by atoms with E-state index in [1.54, 1.807) is 12.1 Å². The molecule has 0 bridgehead atoms. The van der Waals surface area contributed by atoms with Crippen molar-refractivity contribution in [3.8, 4) is 28.1 Å². The molecule has 2 aromatic carbocycles. The van der Waals surface area contributed by atoms with E-state index in [0.717, 1.165) is 61.0 Å². The van der Waals surface area contributed by atoms with E-state index in [0.29, 0.717) is 36.3 Å². The molecule has 0 spiro atoms. The predicted octanol–water partition coefficient (Wildman–Crippen LogP) is 6.22. The van der Waals surface area contributed by atoms with Crippen molar-refractivity contribution >= 4 is 5.97 Å². The van der Waals surface area contributed by atoms with Gasteiger partial charge in [0.15, 0.2) is 0 Å². The average molecular weight is 495 g/mol. The Balaban J connectivity index is 1.65. The molecule has 0 radical (unpaired) electrons. The molecule has 0 atom stereocenters. The second-order valence-electron chi connectivity index (χ2n) is 9.61. The second-order valence-corrected chi connectivity index (χ2v) is 9.61. The van der Waals surface area contributed by atoms with Gasteiger partial charge in [0, 0.05) is 23.7 Å². The van der Waals surface area contributed by atoms with Gasteiger partial charge in [-0.05, 0) is 61.6 Å². The number of nitrogens with zero attached hydrogens (tertiary/aromatic N) is 2. The number of carboxylic acid groups (broad SMARTS) is 1. The number of carboxylic acids is 1. The Labute approximate surface area is 212 Å². The minimum absolute atomic E-state index is 0.244. The molecular weight excluding hydrogens is 459 g/mol.